The summed E-state index contributed by atoms with van der Waals surface area (Å²) in [7, 11) is 0. The van der Waals surface area contributed by atoms with Crippen molar-refractivity contribution < 1.29 is 14.1 Å². The van der Waals surface area contributed by atoms with E-state index in [1.165, 1.54) is 0 Å². The van der Waals surface area contributed by atoms with Gasteiger partial charge >= 0.3 is 5.97 Å². The highest BCUT2D eigenvalue weighted by molar-refractivity contribution is 5.75. The molecule has 0 atom stereocenters. The summed E-state index contributed by atoms with van der Waals surface area (Å²) in [4.78, 5) is 11.9. The summed E-state index contributed by atoms with van der Waals surface area (Å²) >= 11 is 0. The highest BCUT2D eigenvalue weighted by Gasteiger charge is 2.19. The van der Waals surface area contributed by atoms with Gasteiger partial charge in [-0.15, -0.1) is 10.2 Å². The maximum absolute atomic E-state index is 11.9. The Kier molecular flexibility index (Phi) is 3.77. The van der Waals surface area contributed by atoms with Crippen molar-refractivity contribution in [3.05, 3.63) is 43.1 Å². The molecule has 0 saturated heterocycles. The zero-order valence-corrected chi connectivity index (χ0v) is 13.3. The normalized spacial score (nSPS) is 11.6. The molecule has 0 N–H and O–H groups in total. The van der Waals surface area contributed by atoms with Gasteiger partial charge in [0.1, 0.15) is 11.9 Å². The number of carbonyl (C=O) groups is 1. The average Bonchev–Trinajstić information content (AvgIpc) is 2.94. The van der Waals surface area contributed by atoms with Gasteiger partial charge in [0.2, 0.25) is 6.54 Å². The number of nitrogens with zero attached hydrogens (tertiary/aromatic N) is 5. The van der Waals surface area contributed by atoms with Crippen LogP contribution in [0.4, 0.5) is 0 Å². The third-order valence-electron chi connectivity index (χ3n) is 3.14. The molecule has 0 unspecified atom stereocenters. The molecule has 7 nitrogen and oxygen atoms in total. The molecule has 3 heterocycles. The van der Waals surface area contributed by atoms with Crippen LogP contribution in [0, 0.1) is 0 Å². The van der Waals surface area contributed by atoms with Crippen LogP contribution in [0.3, 0.4) is 0 Å². The molecule has 3 rings (SSSR count). The van der Waals surface area contributed by atoms with Crippen LogP contribution in [-0.4, -0.2) is 31.4 Å². The van der Waals surface area contributed by atoms with Crippen molar-refractivity contribution in [1.82, 2.24) is 19.8 Å². The van der Waals surface area contributed by atoms with E-state index in [4.69, 9.17) is 4.74 Å². The van der Waals surface area contributed by atoms with Gasteiger partial charge < -0.3 is 4.74 Å². The van der Waals surface area contributed by atoms with Gasteiger partial charge in [-0.25, -0.2) is 4.79 Å². The van der Waals surface area contributed by atoms with Crippen LogP contribution in [0.15, 0.2) is 43.1 Å². The van der Waals surface area contributed by atoms with Crippen molar-refractivity contribution in [3.63, 3.8) is 0 Å². The molecule has 0 amide bonds. The van der Waals surface area contributed by atoms with Gasteiger partial charge in [0.15, 0.2) is 18.0 Å². The zero-order chi connectivity index (χ0) is 16.4. The van der Waals surface area contributed by atoms with Crippen molar-refractivity contribution in [2.24, 2.45) is 0 Å². The summed E-state index contributed by atoms with van der Waals surface area (Å²) in [6, 6.07) is 5.74. The molecule has 3 aromatic rings. The first-order valence-electron chi connectivity index (χ1n) is 7.29. The number of esters is 1. The number of rotatable bonds is 3. The van der Waals surface area contributed by atoms with Crippen LogP contribution < -0.4 is 4.57 Å². The van der Waals surface area contributed by atoms with E-state index in [2.05, 4.69) is 15.3 Å². The highest BCUT2D eigenvalue weighted by atomic mass is 16.6. The number of hydrogen-bond acceptors (Lipinski definition) is 5. The number of hydrogen-bond donors (Lipinski definition) is 0. The molecule has 0 radical (unpaired) electrons. The summed E-state index contributed by atoms with van der Waals surface area (Å²) in [5.74, 6) is -0.265. The van der Waals surface area contributed by atoms with Crippen molar-refractivity contribution in [1.29, 1.82) is 0 Å². The van der Waals surface area contributed by atoms with Crippen LogP contribution in [0.5, 0.6) is 0 Å². The predicted octanol–water partition coefficient (Wildman–Crippen LogP) is 1.42. The molecule has 23 heavy (non-hydrogen) atoms. The van der Waals surface area contributed by atoms with Crippen LogP contribution in [0.2, 0.25) is 0 Å². The summed E-state index contributed by atoms with van der Waals surface area (Å²) in [5.41, 5.74) is 2.12. The first-order chi connectivity index (χ1) is 10.9. The molecule has 0 fully saturated rings. The van der Waals surface area contributed by atoms with Gasteiger partial charge in [-0.05, 0) is 32.4 Å². The van der Waals surface area contributed by atoms with E-state index < -0.39 is 5.60 Å². The minimum atomic E-state index is -0.478. The monoisotopic (exact) mass is 312 g/mol. The van der Waals surface area contributed by atoms with E-state index in [1.807, 2.05) is 51.4 Å². The third kappa shape index (κ3) is 3.50. The van der Waals surface area contributed by atoms with Crippen LogP contribution in [0.25, 0.3) is 16.8 Å². The molecule has 0 aliphatic rings. The Morgan fingerprint density at radius 1 is 1.26 bits per heavy atom. The van der Waals surface area contributed by atoms with E-state index in [9.17, 15) is 4.79 Å². The molecule has 0 bridgehead atoms. The summed E-state index contributed by atoms with van der Waals surface area (Å²) < 4.78 is 8.71. The second kappa shape index (κ2) is 5.75. The van der Waals surface area contributed by atoms with E-state index in [0.717, 1.165) is 11.1 Å². The van der Waals surface area contributed by atoms with Crippen LogP contribution in [0.1, 0.15) is 20.8 Å². The SMILES string of the molecule is CC(C)(C)OC(=O)C[n+]1ccc(-c2ccnn3cnnc23)cc1. The molecular weight excluding hydrogens is 294 g/mol. The number of ether oxygens (including phenoxy) is 1. The van der Waals surface area contributed by atoms with Gasteiger partial charge in [-0.3, -0.25) is 0 Å². The molecule has 0 aromatic carbocycles. The van der Waals surface area contributed by atoms with Crippen LogP contribution in [-0.2, 0) is 16.1 Å². The lowest BCUT2D eigenvalue weighted by molar-refractivity contribution is -0.686. The lowest BCUT2D eigenvalue weighted by Gasteiger charge is -2.18. The molecule has 3 aromatic heterocycles. The fourth-order valence-corrected chi connectivity index (χ4v) is 2.24. The lowest BCUT2D eigenvalue weighted by atomic mass is 10.1. The molecular formula is C16H18N5O2+. The van der Waals surface area contributed by atoms with Crippen LogP contribution >= 0.6 is 0 Å². The van der Waals surface area contributed by atoms with E-state index in [1.54, 1.807) is 21.6 Å². The number of carbonyl (C=O) groups excluding carboxylic acids is 1. The van der Waals surface area contributed by atoms with Crippen molar-refractivity contribution in [3.8, 4) is 11.1 Å². The minimum Gasteiger partial charge on any atom is -0.455 e. The fraction of sp³-hybridized carbons (Fsp3) is 0.312. The number of aromatic nitrogens is 5. The van der Waals surface area contributed by atoms with Crippen molar-refractivity contribution >= 4 is 11.6 Å². The Morgan fingerprint density at radius 2 is 2.00 bits per heavy atom. The Balaban J connectivity index is 1.80. The molecule has 0 spiro atoms. The quantitative estimate of drug-likeness (QED) is 0.540. The second-order valence-electron chi connectivity index (χ2n) is 6.19. The lowest BCUT2D eigenvalue weighted by Crippen LogP contribution is -2.40. The first-order valence-corrected chi connectivity index (χ1v) is 7.29. The topological polar surface area (TPSA) is 73.3 Å². The van der Waals surface area contributed by atoms with Gasteiger partial charge in [0.05, 0.1) is 0 Å². The van der Waals surface area contributed by atoms with Gasteiger partial charge in [0.25, 0.3) is 0 Å². The Morgan fingerprint density at radius 3 is 2.70 bits per heavy atom. The highest BCUT2D eigenvalue weighted by Crippen LogP contribution is 2.20. The largest absolute Gasteiger partial charge is 0.455 e. The summed E-state index contributed by atoms with van der Waals surface area (Å²) in [6.07, 6.45) is 6.94. The van der Waals surface area contributed by atoms with Crippen molar-refractivity contribution in [2.75, 3.05) is 0 Å². The van der Waals surface area contributed by atoms with Crippen molar-refractivity contribution in [2.45, 2.75) is 32.9 Å². The Bertz CT molecular complexity index is 834. The van der Waals surface area contributed by atoms with Gasteiger partial charge in [-0.2, -0.15) is 14.2 Å². The predicted molar refractivity (Wildman–Crippen MR) is 82.3 cm³/mol. The van der Waals surface area contributed by atoms with E-state index in [-0.39, 0.29) is 12.5 Å². The maximum atomic E-state index is 11.9. The standard InChI is InChI=1S/C16H18N5O2/c1-16(2,3)23-14(22)10-20-8-5-12(6-9-20)13-4-7-18-21-11-17-19-15(13)21/h4-9,11H,10H2,1-3H3/q+1. The molecule has 0 saturated carbocycles. The zero-order valence-electron chi connectivity index (χ0n) is 13.3. The van der Waals surface area contributed by atoms with E-state index >= 15 is 0 Å². The minimum absolute atomic E-state index is 0.175. The molecule has 0 aliphatic carbocycles. The molecule has 0 aliphatic heterocycles. The van der Waals surface area contributed by atoms with Gasteiger partial charge in [-0.1, -0.05) is 0 Å². The average molecular weight is 312 g/mol. The second-order valence-corrected chi connectivity index (χ2v) is 6.19. The smallest absolute Gasteiger partial charge is 0.373 e. The molecule has 7 heteroatoms. The third-order valence-corrected chi connectivity index (χ3v) is 3.14. The summed E-state index contributed by atoms with van der Waals surface area (Å²) in [5, 5.41) is 12.1. The first kappa shape index (κ1) is 15.1. The fourth-order valence-electron chi connectivity index (χ4n) is 2.24. The Labute approximate surface area is 133 Å². The summed E-state index contributed by atoms with van der Waals surface area (Å²) in [6.45, 7) is 5.73. The maximum Gasteiger partial charge on any atom is 0.373 e. The van der Waals surface area contributed by atoms with E-state index in [0.29, 0.717) is 5.65 Å². The number of pyridine rings is 1. The van der Waals surface area contributed by atoms with Gasteiger partial charge in [0, 0.05) is 23.9 Å². The number of fused-ring (bicyclic) bond motifs is 1. The Hall–Kier alpha value is -2.83. The molecule has 118 valence electrons.